The molecule has 102 valence electrons. The first-order valence-corrected chi connectivity index (χ1v) is 7.95. The highest BCUT2D eigenvalue weighted by Gasteiger charge is 2.15. The largest absolute Gasteiger partial charge is 0.374 e. The van der Waals surface area contributed by atoms with Crippen LogP contribution in [0.5, 0.6) is 0 Å². The van der Waals surface area contributed by atoms with Crippen LogP contribution in [0.2, 0.25) is 0 Å². The summed E-state index contributed by atoms with van der Waals surface area (Å²) >= 11 is 0. The molecule has 0 aromatic heterocycles. The molecule has 0 aromatic carbocycles. The van der Waals surface area contributed by atoms with Crippen molar-refractivity contribution in [2.24, 2.45) is 0 Å². The molecule has 0 saturated carbocycles. The molecule has 0 aromatic rings. The average molecular weight is 248 g/mol. The summed E-state index contributed by atoms with van der Waals surface area (Å²) < 4.78 is 6.07. The van der Waals surface area contributed by atoms with Crippen LogP contribution in [0.25, 0.3) is 0 Å². The van der Waals surface area contributed by atoms with Crippen LogP contribution in [-0.4, -0.2) is 12.7 Å². The number of hydrogen-bond donors (Lipinski definition) is 0. The fourth-order valence-corrected chi connectivity index (χ4v) is 2.92. The molecule has 1 atom stereocenters. The Labute approximate surface area is 112 Å². The van der Waals surface area contributed by atoms with Gasteiger partial charge in [0.2, 0.25) is 0 Å². The van der Waals surface area contributed by atoms with E-state index in [4.69, 9.17) is 4.74 Å². The van der Waals surface area contributed by atoms with Gasteiger partial charge in [0, 0.05) is 6.61 Å². The van der Waals surface area contributed by atoms with E-state index < -0.39 is 0 Å². The molecule has 1 aliphatic carbocycles. The van der Waals surface area contributed by atoms with Crippen molar-refractivity contribution in [3.05, 3.63) is 23.8 Å². The maximum Gasteiger partial charge on any atom is 0.0821 e. The maximum atomic E-state index is 6.07. The van der Waals surface area contributed by atoms with Crippen molar-refractivity contribution in [3.63, 3.8) is 0 Å². The molecule has 1 aliphatic heterocycles. The molecule has 2 rings (SSSR count). The predicted octanol–water partition coefficient (Wildman–Crippen LogP) is 5.17. The average Bonchev–Trinajstić information content (AvgIpc) is 2.41. The third kappa shape index (κ3) is 4.97. The van der Waals surface area contributed by atoms with E-state index in [0.29, 0.717) is 6.10 Å². The van der Waals surface area contributed by atoms with Gasteiger partial charge >= 0.3 is 0 Å². The molecule has 0 bridgehead atoms. The van der Waals surface area contributed by atoms with Crippen LogP contribution in [-0.2, 0) is 4.74 Å². The maximum absolute atomic E-state index is 6.07. The van der Waals surface area contributed by atoms with Crippen molar-refractivity contribution in [3.8, 4) is 0 Å². The molecular weight excluding hydrogens is 220 g/mol. The van der Waals surface area contributed by atoms with Crippen LogP contribution in [0.15, 0.2) is 23.8 Å². The fraction of sp³-hybridized carbons (Fsp3) is 0.765. The van der Waals surface area contributed by atoms with Crippen molar-refractivity contribution in [1.29, 1.82) is 0 Å². The Morgan fingerprint density at radius 3 is 2.50 bits per heavy atom. The fourth-order valence-electron chi connectivity index (χ4n) is 2.92. The lowest BCUT2D eigenvalue weighted by atomic mass is 9.95. The number of allylic oxidation sites excluding steroid dienone is 2. The SMILES string of the molecule is C1=C2/C=C/CCCCCCCCCOC2CCC1. The van der Waals surface area contributed by atoms with Crippen molar-refractivity contribution >= 4 is 0 Å². The van der Waals surface area contributed by atoms with E-state index in [-0.39, 0.29) is 0 Å². The summed E-state index contributed by atoms with van der Waals surface area (Å²) in [4.78, 5) is 0. The normalized spacial score (nSPS) is 29.8. The molecule has 1 heterocycles. The first-order valence-electron chi connectivity index (χ1n) is 7.95. The Bertz CT molecular complexity index is 277. The van der Waals surface area contributed by atoms with Gasteiger partial charge in [-0.3, -0.25) is 0 Å². The topological polar surface area (TPSA) is 9.23 Å². The second-order valence-electron chi connectivity index (χ2n) is 5.66. The molecular formula is C17H28O. The van der Waals surface area contributed by atoms with Gasteiger partial charge in [0.15, 0.2) is 0 Å². The summed E-state index contributed by atoms with van der Waals surface area (Å²) in [5.74, 6) is 0. The summed E-state index contributed by atoms with van der Waals surface area (Å²) in [6.07, 6.45) is 22.0. The lowest BCUT2D eigenvalue weighted by Gasteiger charge is -2.23. The molecule has 0 radical (unpaired) electrons. The highest BCUT2D eigenvalue weighted by molar-refractivity contribution is 5.25. The zero-order valence-corrected chi connectivity index (χ0v) is 11.7. The minimum absolute atomic E-state index is 0.387. The minimum Gasteiger partial charge on any atom is -0.374 e. The van der Waals surface area contributed by atoms with Gasteiger partial charge in [0.1, 0.15) is 0 Å². The zero-order valence-electron chi connectivity index (χ0n) is 11.7. The summed E-state index contributed by atoms with van der Waals surface area (Å²) in [6, 6.07) is 0. The molecule has 18 heavy (non-hydrogen) atoms. The summed E-state index contributed by atoms with van der Waals surface area (Å²) in [6.45, 7) is 0.954. The van der Waals surface area contributed by atoms with E-state index in [1.807, 2.05) is 0 Å². The Balaban J connectivity index is 1.88. The van der Waals surface area contributed by atoms with E-state index in [0.717, 1.165) is 6.61 Å². The number of ether oxygens (including phenoxy) is 1. The molecule has 0 amide bonds. The zero-order chi connectivity index (χ0) is 12.5. The van der Waals surface area contributed by atoms with Gasteiger partial charge in [-0.1, -0.05) is 50.3 Å². The highest BCUT2D eigenvalue weighted by Crippen LogP contribution is 2.23. The lowest BCUT2D eigenvalue weighted by Crippen LogP contribution is -2.18. The first-order chi connectivity index (χ1) is 8.97. The van der Waals surface area contributed by atoms with E-state index in [2.05, 4.69) is 18.2 Å². The first kappa shape index (κ1) is 13.9. The Hall–Kier alpha value is -0.560. The third-order valence-electron chi connectivity index (χ3n) is 4.07. The number of rotatable bonds is 0. The molecule has 1 unspecified atom stereocenters. The van der Waals surface area contributed by atoms with Crippen molar-refractivity contribution < 1.29 is 4.74 Å². The second-order valence-corrected chi connectivity index (χ2v) is 5.66. The van der Waals surface area contributed by atoms with Gasteiger partial charge in [-0.05, 0) is 44.1 Å². The van der Waals surface area contributed by atoms with Crippen LogP contribution in [0.1, 0.15) is 70.6 Å². The molecule has 1 heteroatoms. The predicted molar refractivity (Wildman–Crippen MR) is 77.8 cm³/mol. The van der Waals surface area contributed by atoms with E-state index in [9.17, 15) is 0 Å². The van der Waals surface area contributed by atoms with E-state index in [1.54, 1.807) is 0 Å². The van der Waals surface area contributed by atoms with Crippen LogP contribution in [0.3, 0.4) is 0 Å². The monoisotopic (exact) mass is 248 g/mol. The molecule has 2 aliphatic rings. The summed E-state index contributed by atoms with van der Waals surface area (Å²) in [7, 11) is 0. The molecule has 0 saturated heterocycles. The summed E-state index contributed by atoms with van der Waals surface area (Å²) in [5.41, 5.74) is 1.44. The summed E-state index contributed by atoms with van der Waals surface area (Å²) in [5, 5.41) is 0. The van der Waals surface area contributed by atoms with Gasteiger partial charge in [-0.15, -0.1) is 0 Å². The smallest absolute Gasteiger partial charge is 0.0821 e. The van der Waals surface area contributed by atoms with Crippen LogP contribution < -0.4 is 0 Å². The number of hydrogen-bond acceptors (Lipinski definition) is 1. The highest BCUT2D eigenvalue weighted by atomic mass is 16.5. The van der Waals surface area contributed by atoms with Crippen molar-refractivity contribution in [1.82, 2.24) is 0 Å². The van der Waals surface area contributed by atoms with Gasteiger partial charge in [0.25, 0.3) is 0 Å². The van der Waals surface area contributed by atoms with Gasteiger partial charge in [-0.25, -0.2) is 0 Å². The molecule has 0 spiro atoms. The van der Waals surface area contributed by atoms with Crippen LogP contribution >= 0.6 is 0 Å². The second kappa shape index (κ2) is 8.53. The van der Waals surface area contributed by atoms with Crippen LogP contribution in [0.4, 0.5) is 0 Å². The Morgan fingerprint density at radius 1 is 0.833 bits per heavy atom. The van der Waals surface area contributed by atoms with E-state index >= 15 is 0 Å². The molecule has 0 N–H and O–H groups in total. The molecule has 1 nitrogen and oxygen atoms in total. The van der Waals surface area contributed by atoms with E-state index in [1.165, 1.54) is 76.2 Å². The van der Waals surface area contributed by atoms with Crippen LogP contribution in [0, 0.1) is 0 Å². The lowest BCUT2D eigenvalue weighted by molar-refractivity contribution is 0.0665. The van der Waals surface area contributed by atoms with Gasteiger partial charge in [-0.2, -0.15) is 0 Å². The Kier molecular flexibility index (Phi) is 6.57. The molecule has 0 fully saturated rings. The van der Waals surface area contributed by atoms with Crippen molar-refractivity contribution in [2.45, 2.75) is 76.7 Å². The van der Waals surface area contributed by atoms with Gasteiger partial charge < -0.3 is 4.74 Å². The number of fused-ring (bicyclic) bond motifs is 1. The third-order valence-corrected chi connectivity index (χ3v) is 4.07. The standard InChI is InChI=1S/C17H28O/c1-2-4-6-8-12-16-13-9-10-14-17(16)18-15-11-7-5-3-1/h8,12-13,17H,1-7,9-11,14-15H2/b12-8+. The quantitative estimate of drug-likeness (QED) is 0.574. The minimum atomic E-state index is 0.387. The Morgan fingerprint density at radius 2 is 1.61 bits per heavy atom. The van der Waals surface area contributed by atoms with Gasteiger partial charge in [0.05, 0.1) is 6.10 Å². The van der Waals surface area contributed by atoms with Crippen molar-refractivity contribution in [2.75, 3.05) is 6.61 Å².